The van der Waals surface area contributed by atoms with E-state index in [1.54, 1.807) is 0 Å². The zero-order chi connectivity index (χ0) is 14.8. The molecule has 1 aliphatic rings. The SMILES string of the molecule is CC(CCN)c1ccc(-c2ccc3c(c2)CCCN3C)o1. The first-order valence-corrected chi connectivity index (χ1v) is 7.83. The van der Waals surface area contributed by atoms with Crippen molar-refractivity contribution in [1.29, 1.82) is 0 Å². The summed E-state index contributed by atoms with van der Waals surface area (Å²) < 4.78 is 6.03. The number of benzene rings is 1. The van der Waals surface area contributed by atoms with E-state index in [9.17, 15) is 0 Å². The number of fused-ring (bicyclic) bond motifs is 1. The Morgan fingerprint density at radius 1 is 1.29 bits per heavy atom. The predicted octanol–water partition coefficient (Wildman–Crippen LogP) is 3.78. The highest BCUT2D eigenvalue weighted by Gasteiger charge is 2.16. The Labute approximate surface area is 126 Å². The van der Waals surface area contributed by atoms with E-state index in [1.807, 2.05) is 0 Å². The fourth-order valence-electron chi connectivity index (χ4n) is 3.10. The Balaban J connectivity index is 1.87. The average molecular weight is 284 g/mol. The van der Waals surface area contributed by atoms with Crippen LogP contribution in [0.4, 0.5) is 5.69 Å². The highest BCUT2D eigenvalue weighted by molar-refractivity contribution is 5.66. The molecule has 0 radical (unpaired) electrons. The summed E-state index contributed by atoms with van der Waals surface area (Å²) in [5, 5.41) is 0. The van der Waals surface area contributed by atoms with Crippen LogP contribution in [0.15, 0.2) is 34.7 Å². The maximum atomic E-state index is 6.03. The molecule has 1 aromatic carbocycles. The minimum Gasteiger partial charge on any atom is -0.461 e. The van der Waals surface area contributed by atoms with Gasteiger partial charge in [-0.3, -0.25) is 0 Å². The summed E-state index contributed by atoms with van der Waals surface area (Å²) in [6.07, 6.45) is 3.34. The van der Waals surface area contributed by atoms with Gasteiger partial charge in [-0.05, 0) is 61.7 Å². The standard InChI is InChI=1S/C18H24N2O/c1-13(9-10-19)17-7-8-18(21-17)15-5-6-16-14(12-15)4-3-11-20(16)2/h5-8,12-13H,3-4,9-11,19H2,1-2H3. The van der Waals surface area contributed by atoms with Gasteiger partial charge in [0, 0.05) is 30.8 Å². The number of anilines is 1. The summed E-state index contributed by atoms with van der Waals surface area (Å²) in [6, 6.07) is 10.8. The normalized spacial score (nSPS) is 15.9. The van der Waals surface area contributed by atoms with E-state index in [-0.39, 0.29) is 0 Å². The van der Waals surface area contributed by atoms with Gasteiger partial charge in [0.05, 0.1) is 0 Å². The van der Waals surface area contributed by atoms with Gasteiger partial charge in [-0.15, -0.1) is 0 Å². The van der Waals surface area contributed by atoms with Crippen molar-refractivity contribution >= 4 is 5.69 Å². The second-order valence-corrected chi connectivity index (χ2v) is 6.05. The van der Waals surface area contributed by atoms with Gasteiger partial charge in [0.1, 0.15) is 11.5 Å². The Kier molecular flexibility index (Phi) is 4.02. The molecule has 3 rings (SSSR count). The summed E-state index contributed by atoms with van der Waals surface area (Å²) in [5.74, 6) is 2.38. The molecule has 0 spiro atoms. The van der Waals surface area contributed by atoms with Gasteiger partial charge in [0.15, 0.2) is 0 Å². The molecule has 21 heavy (non-hydrogen) atoms. The first kappa shape index (κ1) is 14.2. The third-order valence-corrected chi connectivity index (χ3v) is 4.43. The number of hydrogen-bond acceptors (Lipinski definition) is 3. The maximum absolute atomic E-state index is 6.03. The molecular formula is C18H24N2O. The Hall–Kier alpha value is -1.74. The lowest BCUT2D eigenvalue weighted by Crippen LogP contribution is -2.24. The van der Waals surface area contributed by atoms with Crippen LogP contribution in [0, 0.1) is 0 Å². The third kappa shape index (κ3) is 2.84. The van der Waals surface area contributed by atoms with Crippen molar-refractivity contribution in [2.75, 3.05) is 25.0 Å². The summed E-state index contributed by atoms with van der Waals surface area (Å²) in [7, 11) is 2.16. The first-order chi connectivity index (χ1) is 10.2. The van der Waals surface area contributed by atoms with E-state index in [0.29, 0.717) is 12.5 Å². The quantitative estimate of drug-likeness (QED) is 0.929. The fraction of sp³-hybridized carbons (Fsp3) is 0.444. The molecule has 2 N–H and O–H groups in total. The van der Waals surface area contributed by atoms with Crippen molar-refractivity contribution in [3.63, 3.8) is 0 Å². The zero-order valence-electron chi connectivity index (χ0n) is 12.9. The molecule has 0 aliphatic carbocycles. The van der Waals surface area contributed by atoms with Gasteiger partial charge in [-0.1, -0.05) is 6.92 Å². The lowest BCUT2D eigenvalue weighted by Gasteiger charge is -2.27. The van der Waals surface area contributed by atoms with E-state index in [0.717, 1.165) is 30.9 Å². The molecule has 0 bridgehead atoms. The van der Waals surface area contributed by atoms with Crippen LogP contribution in [0.2, 0.25) is 0 Å². The van der Waals surface area contributed by atoms with E-state index < -0.39 is 0 Å². The Bertz CT molecular complexity index is 617. The lowest BCUT2D eigenvalue weighted by molar-refractivity contribution is 0.474. The van der Waals surface area contributed by atoms with Gasteiger partial charge < -0.3 is 15.1 Å². The summed E-state index contributed by atoms with van der Waals surface area (Å²) in [5.41, 5.74) is 9.58. The minimum absolute atomic E-state index is 0.382. The Morgan fingerprint density at radius 3 is 2.95 bits per heavy atom. The van der Waals surface area contributed by atoms with Crippen molar-refractivity contribution in [3.8, 4) is 11.3 Å². The molecule has 1 atom stereocenters. The van der Waals surface area contributed by atoms with Crippen LogP contribution in [0.1, 0.15) is 37.0 Å². The Morgan fingerprint density at radius 2 is 2.14 bits per heavy atom. The smallest absolute Gasteiger partial charge is 0.134 e. The van der Waals surface area contributed by atoms with Gasteiger partial charge >= 0.3 is 0 Å². The fourth-order valence-corrected chi connectivity index (χ4v) is 3.10. The molecule has 0 amide bonds. The molecule has 1 aromatic heterocycles. The number of aryl methyl sites for hydroxylation is 1. The molecule has 0 fully saturated rings. The van der Waals surface area contributed by atoms with Gasteiger partial charge in [0.25, 0.3) is 0 Å². The predicted molar refractivity (Wildman–Crippen MR) is 87.8 cm³/mol. The van der Waals surface area contributed by atoms with Crippen LogP contribution in [-0.2, 0) is 6.42 Å². The maximum Gasteiger partial charge on any atom is 0.134 e. The van der Waals surface area contributed by atoms with Crippen LogP contribution >= 0.6 is 0 Å². The highest BCUT2D eigenvalue weighted by atomic mass is 16.3. The molecule has 0 saturated heterocycles. The summed E-state index contributed by atoms with van der Waals surface area (Å²) in [6.45, 7) is 4.01. The molecular weight excluding hydrogens is 260 g/mol. The van der Waals surface area contributed by atoms with Crippen molar-refractivity contribution in [2.45, 2.75) is 32.1 Å². The van der Waals surface area contributed by atoms with Crippen molar-refractivity contribution < 1.29 is 4.42 Å². The van der Waals surface area contributed by atoms with E-state index in [2.05, 4.69) is 49.2 Å². The van der Waals surface area contributed by atoms with E-state index >= 15 is 0 Å². The first-order valence-electron chi connectivity index (χ1n) is 7.83. The number of furan rings is 1. The molecule has 0 saturated carbocycles. The van der Waals surface area contributed by atoms with Crippen LogP contribution in [-0.4, -0.2) is 20.1 Å². The van der Waals surface area contributed by atoms with Gasteiger partial charge in [-0.2, -0.15) is 0 Å². The molecule has 3 nitrogen and oxygen atoms in total. The second kappa shape index (κ2) is 5.94. The molecule has 2 aromatic rings. The van der Waals surface area contributed by atoms with Crippen LogP contribution in [0.5, 0.6) is 0 Å². The highest BCUT2D eigenvalue weighted by Crippen LogP contribution is 2.33. The zero-order valence-corrected chi connectivity index (χ0v) is 12.9. The van der Waals surface area contributed by atoms with Crippen LogP contribution in [0.25, 0.3) is 11.3 Å². The minimum atomic E-state index is 0.382. The van der Waals surface area contributed by atoms with Crippen LogP contribution in [0.3, 0.4) is 0 Å². The van der Waals surface area contributed by atoms with Crippen molar-refractivity contribution in [3.05, 3.63) is 41.7 Å². The number of rotatable bonds is 4. The molecule has 112 valence electrons. The lowest BCUT2D eigenvalue weighted by atomic mass is 9.99. The monoisotopic (exact) mass is 284 g/mol. The summed E-state index contributed by atoms with van der Waals surface area (Å²) >= 11 is 0. The molecule has 1 aliphatic heterocycles. The molecule has 2 heterocycles. The van der Waals surface area contributed by atoms with Crippen molar-refractivity contribution in [1.82, 2.24) is 0 Å². The molecule has 1 unspecified atom stereocenters. The second-order valence-electron chi connectivity index (χ2n) is 6.05. The van der Waals surface area contributed by atoms with Gasteiger partial charge in [-0.25, -0.2) is 0 Å². The van der Waals surface area contributed by atoms with Gasteiger partial charge in [0.2, 0.25) is 0 Å². The topological polar surface area (TPSA) is 42.4 Å². The average Bonchev–Trinajstić information content (AvgIpc) is 2.97. The number of nitrogens with two attached hydrogens (primary N) is 1. The van der Waals surface area contributed by atoms with Crippen molar-refractivity contribution in [2.24, 2.45) is 5.73 Å². The van der Waals surface area contributed by atoms with E-state index in [1.165, 1.54) is 23.2 Å². The molecule has 3 heteroatoms. The largest absolute Gasteiger partial charge is 0.461 e. The van der Waals surface area contributed by atoms with Crippen LogP contribution < -0.4 is 10.6 Å². The van der Waals surface area contributed by atoms with E-state index in [4.69, 9.17) is 10.2 Å². The third-order valence-electron chi connectivity index (χ3n) is 4.43. The number of hydrogen-bond donors (Lipinski definition) is 1. The summed E-state index contributed by atoms with van der Waals surface area (Å²) in [4.78, 5) is 2.33. The number of nitrogens with zero attached hydrogens (tertiary/aromatic N) is 1.